The number of benzene rings is 1. The lowest BCUT2D eigenvalue weighted by Gasteiger charge is -2.10. The Bertz CT molecular complexity index is 1160. The lowest BCUT2D eigenvalue weighted by atomic mass is 10.1. The minimum absolute atomic E-state index is 0.159. The van der Waals surface area contributed by atoms with Gasteiger partial charge in [0, 0.05) is 24.5 Å². The van der Waals surface area contributed by atoms with Gasteiger partial charge in [0.25, 0.3) is 0 Å². The number of halogens is 1. The number of anilines is 1. The van der Waals surface area contributed by atoms with Gasteiger partial charge in [-0.15, -0.1) is 0 Å². The van der Waals surface area contributed by atoms with Gasteiger partial charge in [-0.3, -0.25) is 4.40 Å². The van der Waals surface area contributed by atoms with Gasteiger partial charge >= 0.3 is 0 Å². The number of nitrogens with zero attached hydrogens (tertiary/aromatic N) is 5. The molecule has 3 aromatic heterocycles. The van der Waals surface area contributed by atoms with Crippen LogP contribution in [0.2, 0.25) is 0 Å². The molecule has 3 heterocycles. The van der Waals surface area contributed by atoms with Gasteiger partial charge in [-0.2, -0.15) is 0 Å². The summed E-state index contributed by atoms with van der Waals surface area (Å²) in [4.78, 5) is 15.1. The summed E-state index contributed by atoms with van der Waals surface area (Å²) in [5.41, 5.74) is 10.7. The molecular weight excluding hydrogens is 355 g/mol. The highest BCUT2D eigenvalue weighted by Gasteiger charge is 2.20. The smallest absolute Gasteiger partial charge is 0.220 e. The maximum Gasteiger partial charge on any atom is 0.220 e. The quantitative estimate of drug-likeness (QED) is 0.590. The first kappa shape index (κ1) is 18.1. The summed E-state index contributed by atoms with van der Waals surface area (Å²) in [6.07, 6.45) is 3.52. The van der Waals surface area contributed by atoms with Crippen molar-refractivity contribution in [3.8, 4) is 22.6 Å². The van der Waals surface area contributed by atoms with E-state index in [-0.39, 0.29) is 11.8 Å². The summed E-state index contributed by atoms with van der Waals surface area (Å²) in [5.74, 6) is -0.160. The monoisotopic (exact) mass is 376 g/mol. The molecule has 0 atom stereocenters. The lowest BCUT2D eigenvalue weighted by molar-refractivity contribution is 0.402. The molecule has 0 radical (unpaired) electrons. The van der Waals surface area contributed by atoms with Crippen LogP contribution >= 0.6 is 0 Å². The largest absolute Gasteiger partial charge is 0.368 e. The van der Waals surface area contributed by atoms with Crippen molar-refractivity contribution in [2.24, 2.45) is 0 Å². The topological polar surface area (TPSA) is 72.3 Å². The van der Waals surface area contributed by atoms with Gasteiger partial charge in [-0.25, -0.2) is 19.3 Å². The first-order valence-corrected chi connectivity index (χ1v) is 8.93. The minimum atomic E-state index is -0.319. The highest BCUT2D eigenvalue weighted by molar-refractivity contribution is 5.81. The van der Waals surface area contributed by atoms with Gasteiger partial charge in [0.2, 0.25) is 5.95 Å². The van der Waals surface area contributed by atoms with E-state index in [9.17, 15) is 4.39 Å². The van der Waals surface area contributed by atoms with Crippen LogP contribution < -0.4 is 5.73 Å². The Morgan fingerprint density at radius 1 is 1.11 bits per heavy atom. The van der Waals surface area contributed by atoms with E-state index in [1.54, 1.807) is 18.3 Å². The molecule has 0 spiro atoms. The molecule has 6 nitrogen and oxygen atoms in total. The second-order valence-corrected chi connectivity index (χ2v) is 7.09. The van der Waals surface area contributed by atoms with Gasteiger partial charge in [0.05, 0.1) is 11.4 Å². The van der Waals surface area contributed by atoms with Crippen LogP contribution in [0.1, 0.15) is 11.1 Å². The van der Waals surface area contributed by atoms with Crippen LogP contribution in [0.25, 0.3) is 28.3 Å². The molecule has 4 aromatic rings. The normalized spacial score (nSPS) is 11.5. The van der Waals surface area contributed by atoms with E-state index in [4.69, 9.17) is 10.7 Å². The number of nitrogens with two attached hydrogens (primary N) is 1. The van der Waals surface area contributed by atoms with Gasteiger partial charge < -0.3 is 10.6 Å². The average molecular weight is 376 g/mol. The Labute approximate surface area is 162 Å². The van der Waals surface area contributed by atoms with E-state index in [2.05, 4.69) is 14.9 Å². The zero-order chi connectivity index (χ0) is 19.8. The predicted molar refractivity (Wildman–Crippen MR) is 108 cm³/mol. The van der Waals surface area contributed by atoms with E-state index in [0.717, 1.165) is 23.3 Å². The van der Waals surface area contributed by atoms with Gasteiger partial charge in [0.1, 0.15) is 17.2 Å². The molecule has 0 amide bonds. The number of aryl methyl sites for hydroxylation is 1. The third kappa shape index (κ3) is 3.32. The third-order valence-corrected chi connectivity index (χ3v) is 4.49. The Morgan fingerprint density at radius 2 is 1.93 bits per heavy atom. The van der Waals surface area contributed by atoms with E-state index in [0.29, 0.717) is 22.6 Å². The number of fused-ring (bicyclic) bond motifs is 1. The van der Waals surface area contributed by atoms with Crippen molar-refractivity contribution in [2.45, 2.75) is 13.5 Å². The summed E-state index contributed by atoms with van der Waals surface area (Å²) in [5, 5.41) is 0. The maximum atomic E-state index is 14.8. The number of aromatic nitrogens is 4. The second kappa shape index (κ2) is 7.01. The highest BCUT2D eigenvalue weighted by atomic mass is 19.1. The summed E-state index contributed by atoms with van der Waals surface area (Å²) < 4.78 is 16.7. The number of hydrogen-bond acceptors (Lipinski definition) is 5. The van der Waals surface area contributed by atoms with Crippen molar-refractivity contribution in [1.29, 1.82) is 0 Å². The number of rotatable bonds is 4. The maximum absolute atomic E-state index is 14.8. The van der Waals surface area contributed by atoms with Crippen LogP contribution in [0, 0.1) is 12.7 Å². The molecule has 0 saturated heterocycles. The fourth-order valence-corrected chi connectivity index (χ4v) is 3.30. The molecule has 0 aliphatic heterocycles. The molecule has 0 bridgehead atoms. The Hall–Kier alpha value is -3.32. The second-order valence-electron chi connectivity index (χ2n) is 7.09. The molecule has 2 N–H and O–H groups in total. The summed E-state index contributed by atoms with van der Waals surface area (Å²) >= 11 is 0. The zero-order valence-corrected chi connectivity index (χ0v) is 16.0. The zero-order valence-electron chi connectivity index (χ0n) is 16.0. The molecule has 0 aliphatic rings. The molecule has 28 heavy (non-hydrogen) atoms. The van der Waals surface area contributed by atoms with Crippen molar-refractivity contribution in [1.82, 2.24) is 24.3 Å². The summed E-state index contributed by atoms with van der Waals surface area (Å²) in [6.45, 7) is 2.64. The van der Waals surface area contributed by atoms with Crippen LogP contribution in [0.3, 0.4) is 0 Å². The molecule has 142 valence electrons. The van der Waals surface area contributed by atoms with Gasteiger partial charge in [-0.1, -0.05) is 6.07 Å². The Morgan fingerprint density at radius 3 is 2.64 bits per heavy atom. The van der Waals surface area contributed by atoms with Crippen LogP contribution in [0.5, 0.6) is 0 Å². The first-order chi connectivity index (χ1) is 13.4. The number of hydrogen-bond donors (Lipinski definition) is 1. The van der Waals surface area contributed by atoms with Crippen molar-refractivity contribution in [3.63, 3.8) is 0 Å². The molecule has 4 rings (SSSR count). The third-order valence-electron chi connectivity index (χ3n) is 4.49. The van der Waals surface area contributed by atoms with Gasteiger partial charge in [0.15, 0.2) is 0 Å². The average Bonchev–Trinajstić information content (AvgIpc) is 2.99. The fraction of sp³-hybridized carbons (Fsp3) is 0.190. The van der Waals surface area contributed by atoms with Crippen molar-refractivity contribution < 1.29 is 4.39 Å². The molecule has 0 fully saturated rings. The van der Waals surface area contributed by atoms with Crippen molar-refractivity contribution in [3.05, 3.63) is 65.7 Å². The van der Waals surface area contributed by atoms with Crippen LogP contribution in [-0.2, 0) is 6.54 Å². The number of imidazole rings is 1. The first-order valence-electron chi connectivity index (χ1n) is 8.93. The molecule has 0 unspecified atom stereocenters. The molecule has 0 saturated carbocycles. The van der Waals surface area contributed by atoms with E-state index < -0.39 is 0 Å². The van der Waals surface area contributed by atoms with Crippen LogP contribution in [0.4, 0.5) is 10.3 Å². The molecular formula is C21H21FN6. The molecule has 0 aliphatic carbocycles. The standard InChI is InChI=1S/C21H21FN6/c1-13-4-5-15(16(22)10-13)19-20(17-6-8-24-21(23)25-17)28-9-7-14(12-27(2)3)11-18(28)26-19/h4-11H,12H2,1-3H3,(H2,23,24,25). The van der Waals surface area contributed by atoms with Crippen molar-refractivity contribution in [2.75, 3.05) is 19.8 Å². The van der Waals surface area contributed by atoms with Crippen LogP contribution in [-0.4, -0.2) is 38.3 Å². The Kier molecular flexibility index (Phi) is 4.52. The van der Waals surface area contributed by atoms with Crippen LogP contribution in [0.15, 0.2) is 48.8 Å². The lowest BCUT2D eigenvalue weighted by Crippen LogP contribution is -2.10. The molecule has 7 heteroatoms. The summed E-state index contributed by atoms with van der Waals surface area (Å²) in [6, 6.07) is 10.9. The van der Waals surface area contributed by atoms with E-state index in [1.807, 2.05) is 49.8 Å². The van der Waals surface area contributed by atoms with Crippen molar-refractivity contribution >= 4 is 11.6 Å². The Balaban J connectivity index is 2.00. The molecule has 1 aromatic carbocycles. The summed E-state index contributed by atoms with van der Waals surface area (Å²) in [7, 11) is 4.02. The number of nitrogen functional groups attached to an aromatic ring is 1. The highest BCUT2D eigenvalue weighted by Crippen LogP contribution is 2.34. The SMILES string of the molecule is Cc1ccc(-c2nc3cc(CN(C)C)ccn3c2-c2ccnc(N)n2)c(F)c1. The van der Waals surface area contributed by atoms with E-state index in [1.165, 1.54) is 6.07 Å². The predicted octanol–water partition coefficient (Wildman–Crippen LogP) is 3.55. The number of pyridine rings is 1. The van der Waals surface area contributed by atoms with E-state index >= 15 is 0 Å². The minimum Gasteiger partial charge on any atom is -0.368 e. The van der Waals surface area contributed by atoms with Gasteiger partial charge in [-0.05, 0) is 62.5 Å². The fourth-order valence-electron chi connectivity index (χ4n) is 3.30.